The SMILES string of the molecule is CC1=C[C@@H]2/C=C\C[C@H](C)C(=O)/C(C)=C\CC(=O)O[C@]23C(=O)N[C@@H](Cc2ccc(O)cc2)[C@@H]3[C@@H]1C. The number of amides is 1. The maximum Gasteiger partial charge on any atom is 0.310 e. The van der Waals surface area contributed by atoms with Crippen LogP contribution in [0.3, 0.4) is 0 Å². The lowest BCUT2D eigenvalue weighted by Crippen LogP contribution is -2.56. The molecule has 2 aliphatic heterocycles. The number of carbonyl (C=O) groups excluding carboxylic acids is 3. The fourth-order valence-corrected chi connectivity index (χ4v) is 5.69. The molecule has 2 heterocycles. The third kappa shape index (κ3) is 4.22. The minimum atomic E-state index is -1.34. The number of hydrogen-bond acceptors (Lipinski definition) is 5. The van der Waals surface area contributed by atoms with Gasteiger partial charge in [0.15, 0.2) is 5.78 Å². The first-order valence-electron chi connectivity index (χ1n) is 12.0. The quantitative estimate of drug-likeness (QED) is 0.510. The van der Waals surface area contributed by atoms with E-state index in [1.807, 2.05) is 37.3 Å². The highest BCUT2D eigenvalue weighted by atomic mass is 16.6. The summed E-state index contributed by atoms with van der Waals surface area (Å²) in [6.07, 6.45) is 8.58. The molecule has 1 amide bonds. The minimum Gasteiger partial charge on any atom is -0.508 e. The molecule has 4 rings (SSSR count). The molecule has 0 saturated carbocycles. The van der Waals surface area contributed by atoms with E-state index >= 15 is 0 Å². The molecule has 6 nitrogen and oxygen atoms in total. The second-order valence-electron chi connectivity index (χ2n) is 9.99. The first-order valence-corrected chi connectivity index (χ1v) is 12.0. The number of phenolic OH excluding ortho intramolecular Hbond substituents is 1. The summed E-state index contributed by atoms with van der Waals surface area (Å²) in [6.45, 7) is 7.74. The summed E-state index contributed by atoms with van der Waals surface area (Å²) in [4.78, 5) is 39.3. The number of Topliss-reactive ketones (excluding diaryl/α,β-unsaturated/α-hetero) is 1. The molecule has 0 bridgehead atoms. The van der Waals surface area contributed by atoms with Crippen LogP contribution in [-0.4, -0.2) is 34.4 Å². The molecule has 1 fully saturated rings. The van der Waals surface area contributed by atoms with Crippen molar-refractivity contribution >= 4 is 17.7 Å². The first-order chi connectivity index (χ1) is 16.1. The zero-order valence-corrected chi connectivity index (χ0v) is 20.2. The van der Waals surface area contributed by atoms with Crippen molar-refractivity contribution in [3.05, 3.63) is 65.3 Å². The number of benzene rings is 1. The molecule has 1 aromatic rings. The van der Waals surface area contributed by atoms with E-state index in [0.717, 1.165) is 11.1 Å². The fourth-order valence-electron chi connectivity index (χ4n) is 5.69. The standard InChI is InChI=1S/C28H33NO5/c1-16-6-5-7-21-14-18(3)19(4)25-23(15-20-9-11-22(30)12-10-20)29-27(33)28(21,25)34-24(31)13-8-17(2)26(16)32/h5,7-12,14,16,19,21,23,25,30H,6,13,15H2,1-4H3,(H,29,33)/b7-5-,17-8-/t16-,19+,21-,23-,25-,28+/m0/s1. The zero-order chi connectivity index (χ0) is 24.6. The number of ether oxygens (including phenoxy) is 1. The van der Waals surface area contributed by atoms with Crippen LogP contribution in [0.25, 0.3) is 0 Å². The van der Waals surface area contributed by atoms with Crippen molar-refractivity contribution in [2.75, 3.05) is 0 Å². The number of esters is 1. The van der Waals surface area contributed by atoms with Gasteiger partial charge < -0.3 is 15.2 Å². The van der Waals surface area contributed by atoms with Crippen LogP contribution in [0, 0.1) is 23.7 Å². The lowest BCUT2D eigenvalue weighted by atomic mass is 9.63. The van der Waals surface area contributed by atoms with E-state index in [1.165, 1.54) is 0 Å². The van der Waals surface area contributed by atoms with Crippen LogP contribution < -0.4 is 5.32 Å². The summed E-state index contributed by atoms with van der Waals surface area (Å²) in [6, 6.07) is 6.73. The average Bonchev–Trinajstić information content (AvgIpc) is 3.07. The lowest BCUT2D eigenvalue weighted by molar-refractivity contribution is -0.176. The molecule has 6 heteroatoms. The molecule has 0 radical (unpaired) electrons. The number of hydrogen-bond donors (Lipinski definition) is 2. The predicted octanol–water partition coefficient (Wildman–Crippen LogP) is 4.05. The molecule has 6 atom stereocenters. The molecule has 1 aliphatic carbocycles. The summed E-state index contributed by atoms with van der Waals surface area (Å²) < 4.78 is 6.12. The average molecular weight is 464 g/mol. The molecule has 0 aromatic heterocycles. The third-order valence-corrected chi connectivity index (χ3v) is 7.71. The summed E-state index contributed by atoms with van der Waals surface area (Å²) >= 11 is 0. The molecule has 1 saturated heterocycles. The van der Waals surface area contributed by atoms with Gasteiger partial charge in [0, 0.05) is 23.8 Å². The second-order valence-corrected chi connectivity index (χ2v) is 9.99. The monoisotopic (exact) mass is 463 g/mol. The van der Waals surface area contributed by atoms with Crippen LogP contribution in [0.4, 0.5) is 0 Å². The van der Waals surface area contributed by atoms with E-state index in [1.54, 1.807) is 25.1 Å². The van der Waals surface area contributed by atoms with Gasteiger partial charge in [-0.15, -0.1) is 0 Å². The molecule has 34 heavy (non-hydrogen) atoms. The van der Waals surface area contributed by atoms with Gasteiger partial charge in [0.2, 0.25) is 5.60 Å². The Morgan fingerprint density at radius 2 is 1.82 bits per heavy atom. The van der Waals surface area contributed by atoms with E-state index in [4.69, 9.17) is 4.74 Å². The number of ketones is 1. The Morgan fingerprint density at radius 1 is 1.12 bits per heavy atom. The Hall–Kier alpha value is -3.15. The van der Waals surface area contributed by atoms with Gasteiger partial charge in [-0.1, -0.05) is 55.9 Å². The zero-order valence-electron chi connectivity index (χ0n) is 20.2. The van der Waals surface area contributed by atoms with Gasteiger partial charge in [0.05, 0.1) is 6.42 Å². The number of nitrogens with one attached hydrogen (secondary N) is 1. The highest BCUT2D eigenvalue weighted by Crippen LogP contribution is 2.50. The Kier molecular flexibility index (Phi) is 6.52. The van der Waals surface area contributed by atoms with Crippen molar-refractivity contribution in [2.24, 2.45) is 23.7 Å². The van der Waals surface area contributed by atoms with Crippen molar-refractivity contribution in [1.82, 2.24) is 5.32 Å². The van der Waals surface area contributed by atoms with Crippen molar-refractivity contribution < 1.29 is 24.2 Å². The fraction of sp³-hybridized carbons (Fsp3) is 0.464. The summed E-state index contributed by atoms with van der Waals surface area (Å²) in [7, 11) is 0. The highest BCUT2D eigenvalue weighted by molar-refractivity contribution is 5.97. The second kappa shape index (κ2) is 9.24. The van der Waals surface area contributed by atoms with Crippen molar-refractivity contribution in [2.45, 2.75) is 58.6 Å². The van der Waals surface area contributed by atoms with Gasteiger partial charge in [-0.2, -0.15) is 0 Å². The normalized spacial score (nSPS) is 36.5. The summed E-state index contributed by atoms with van der Waals surface area (Å²) in [5.41, 5.74) is 1.32. The topological polar surface area (TPSA) is 92.7 Å². The van der Waals surface area contributed by atoms with Crippen LogP contribution in [0.15, 0.2) is 59.7 Å². The number of aromatic hydroxyl groups is 1. The maximum atomic E-state index is 13.7. The van der Waals surface area contributed by atoms with Crippen LogP contribution in [0.5, 0.6) is 5.75 Å². The molecule has 2 N–H and O–H groups in total. The molecular weight excluding hydrogens is 430 g/mol. The van der Waals surface area contributed by atoms with Crippen molar-refractivity contribution in [3.8, 4) is 5.75 Å². The van der Waals surface area contributed by atoms with E-state index in [2.05, 4.69) is 19.2 Å². The Balaban J connectivity index is 1.77. The van der Waals surface area contributed by atoms with Crippen molar-refractivity contribution in [1.29, 1.82) is 0 Å². The lowest BCUT2D eigenvalue weighted by Gasteiger charge is -2.44. The van der Waals surface area contributed by atoms with Gasteiger partial charge in [-0.05, 0) is 55.9 Å². The Labute approximate surface area is 200 Å². The van der Waals surface area contributed by atoms with Crippen LogP contribution in [-0.2, 0) is 25.5 Å². The minimum absolute atomic E-state index is 0.0159. The van der Waals surface area contributed by atoms with Gasteiger partial charge in [-0.25, -0.2) is 0 Å². The number of rotatable bonds is 2. The van der Waals surface area contributed by atoms with Crippen molar-refractivity contribution in [3.63, 3.8) is 0 Å². The number of allylic oxidation sites excluding steroid dienone is 3. The molecular formula is C28H33NO5. The molecule has 0 unspecified atom stereocenters. The van der Waals surface area contributed by atoms with E-state index in [9.17, 15) is 19.5 Å². The van der Waals surface area contributed by atoms with Crippen LogP contribution >= 0.6 is 0 Å². The maximum absolute atomic E-state index is 13.7. The van der Waals surface area contributed by atoms with Gasteiger partial charge in [-0.3, -0.25) is 14.4 Å². The number of carbonyl (C=O) groups is 3. The summed E-state index contributed by atoms with van der Waals surface area (Å²) in [5.74, 6) is -1.45. The summed E-state index contributed by atoms with van der Waals surface area (Å²) in [5, 5.41) is 12.8. The Morgan fingerprint density at radius 3 is 2.53 bits per heavy atom. The largest absolute Gasteiger partial charge is 0.508 e. The number of phenols is 1. The Bertz CT molecular complexity index is 1080. The molecule has 3 aliphatic rings. The molecule has 1 aromatic carbocycles. The van der Waals surface area contributed by atoms with E-state index in [-0.39, 0.29) is 47.7 Å². The predicted molar refractivity (Wildman–Crippen MR) is 129 cm³/mol. The van der Waals surface area contributed by atoms with Crippen LogP contribution in [0.1, 0.15) is 46.1 Å². The molecule has 180 valence electrons. The smallest absolute Gasteiger partial charge is 0.310 e. The van der Waals surface area contributed by atoms with E-state index in [0.29, 0.717) is 18.4 Å². The first kappa shape index (κ1) is 24.0. The third-order valence-electron chi connectivity index (χ3n) is 7.71. The van der Waals surface area contributed by atoms with E-state index < -0.39 is 17.5 Å². The highest BCUT2D eigenvalue weighted by Gasteiger charge is 2.64. The van der Waals surface area contributed by atoms with Crippen LogP contribution in [0.2, 0.25) is 0 Å². The van der Waals surface area contributed by atoms with Gasteiger partial charge in [0.1, 0.15) is 5.75 Å². The van der Waals surface area contributed by atoms with Gasteiger partial charge in [0.25, 0.3) is 5.91 Å². The van der Waals surface area contributed by atoms with Gasteiger partial charge >= 0.3 is 5.97 Å². The molecule has 1 spiro atoms.